The van der Waals surface area contributed by atoms with Gasteiger partial charge in [-0.15, -0.1) is 0 Å². The van der Waals surface area contributed by atoms with Crippen LogP contribution in [-0.2, 0) is 9.68 Å². The third-order valence-electron chi connectivity index (χ3n) is 7.88. The third-order valence-corrected chi connectivity index (χ3v) is 9.40. The van der Waals surface area contributed by atoms with Crippen LogP contribution < -0.4 is 122 Å². The Kier molecular flexibility index (Phi) is 24.6. The number of carbonyl (C=O) groups is 1. The molecule has 63 heavy (non-hydrogen) atoms. The Bertz CT molecular complexity index is 2590. The Morgan fingerprint density at radius 2 is 0.889 bits per heavy atom. The van der Waals surface area contributed by atoms with Gasteiger partial charge in [0.05, 0.1) is 8.95 Å². The van der Waals surface area contributed by atoms with E-state index in [1.165, 1.54) is 24.3 Å². The first-order valence-electron chi connectivity index (χ1n) is 17.8. The summed E-state index contributed by atoms with van der Waals surface area (Å²) in [7, 11) is 0. The van der Waals surface area contributed by atoms with E-state index in [4.69, 9.17) is 24.3 Å². The van der Waals surface area contributed by atoms with Gasteiger partial charge >= 0.3 is 103 Å². The normalized spacial score (nSPS) is 9.62. The van der Waals surface area contributed by atoms with Gasteiger partial charge < -0.3 is 30.9 Å². The summed E-state index contributed by atoms with van der Waals surface area (Å²) in [5.41, 5.74) is 4.29. The van der Waals surface area contributed by atoms with Crippen LogP contribution in [0.15, 0.2) is 191 Å². The summed E-state index contributed by atoms with van der Waals surface area (Å²) >= 11 is 5.92. The van der Waals surface area contributed by atoms with E-state index in [0.29, 0.717) is 34.8 Å². The van der Waals surface area contributed by atoms with Crippen molar-refractivity contribution in [2.24, 2.45) is 0 Å². The Hall–Kier alpha value is -3.73. The van der Waals surface area contributed by atoms with E-state index >= 15 is 0 Å². The van der Waals surface area contributed by atoms with Gasteiger partial charge in [-0.25, -0.2) is 23.1 Å². The maximum atomic E-state index is 13.6. The molecule has 0 fully saturated rings. The number of phenolic OH excluding ortho intramolecular Hbond substituents is 1. The summed E-state index contributed by atoms with van der Waals surface area (Å²) in [6.45, 7) is -0.181. The molecular formula is C47H33Br2F3K2N2O7. The molecule has 0 aliphatic rings. The number of ether oxygens (including phenoxy) is 3. The van der Waals surface area contributed by atoms with Gasteiger partial charge in [-0.1, -0.05) is 72.8 Å². The molecule has 0 spiro atoms. The minimum absolute atomic E-state index is 0. The van der Waals surface area contributed by atoms with Gasteiger partial charge in [0.15, 0.2) is 0 Å². The minimum Gasteiger partial charge on any atom is -1.00 e. The number of hydrogen-bond acceptors (Lipinski definition) is 9. The van der Waals surface area contributed by atoms with Crippen molar-refractivity contribution in [1.82, 2.24) is 9.97 Å². The van der Waals surface area contributed by atoms with Crippen LogP contribution in [0.4, 0.5) is 13.2 Å². The summed E-state index contributed by atoms with van der Waals surface area (Å²) in [6.07, 6.45) is 3.44. The second-order valence-electron chi connectivity index (χ2n) is 12.0. The van der Waals surface area contributed by atoms with Crippen molar-refractivity contribution in [2.45, 2.75) is 0 Å². The van der Waals surface area contributed by atoms with Crippen molar-refractivity contribution in [2.75, 3.05) is 0 Å². The molecule has 0 unspecified atom stereocenters. The number of rotatable bonds is 9. The first-order chi connectivity index (χ1) is 29.6. The molecular weight excluding hydrogens is 1000 g/mol. The zero-order chi connectivity index (χ0) is 43.4. The second-order valence-corrected chi connectivity index (χ2v) is 13.6. The number of hydrogen-bond donors (Lipinski definition) is 1. The van der Waals surface area contributed by atoms with Crippen molar-refractivity contribution >= 4 is 38.3 Å². The van der Waals surface area contributed by atoms with Crippen molar-refractivity contribution in [3.8, 4) is 62.8 Å². The zero-order valence-corrected chi connectivity index (χ0v) is 43.0. The molecule has 0 saturated heterocycles. The largest absolute Gasteiger partial charge is 1.00 e. The van der Waals surface area contributed by atoms with Crippen LogP contribution in [-0.4, -0.2) is 21.5 Å². The quantitative estimate of drug-likeness (QED) is 0.0550. The van der Waals surface area contributed by atoms with E-state index in [1.807, 2.05) is 84.9 Å². The molecule has 1 N–H and O–H groups in total. The Morgan fingerprint density at radius 1 is 0.508 bits per heavy atom. The molecule has 0 atom stereocenters. The Morgan fingerprint density at radius 3 is 1.30 bits per heavy atom. The fourth-order valence-corrected chi connectivity index (χ4v) is 5.66. The van der Waals surface area contributed by atoms with Crippen LogP contribution in [0.2, 0.25) is 0 Å². The SMILES string of the molecule is Fc1cccc(F)c1Br.Fc1cccc(Oc2ccc(Oc3cc(-c4ccccc4)ccn3)cc2)c1Br.O=CO[O-].Oc1ccc(Oc2cc(-c3ccccc3)ccn2)cc1.[H-].[K+].[K+]. The molecule has 0 bridgehead atoms. The van der Waals surface area contributed by atoms with E-state index in [2.05, 4.69) is 46.7 Å². The number of halogens is 5. The van der Waals surface area contributed by atoms with Gasteiger partial charge in [-0.3, -0.25) is 4.79 Å². The van der Waals surface area contributed by atoms with Gasteiger partial charge in [0, 0.05) is 24.5 Å². The van der Waals surface area contributed by atoms with Gasteiger partial charge in [-0.2, -0.15) is 0 Å². The van der Waals surface area contributed by atoms with Crippen LogP contribution in [0, 0.1) is 17.5 Å². The summed E-state index contributed by atoms with van der Waals surface area (Å²) < 4.78 is 55.6. The fraction of sp³-hybridized carbons (Fsp3) is 0. The molecule has 16 heteroatoms. The topological polar surface area (TPSA) is 123 Å². The summed E-state index contributed by atoms with van der Waals surface area (Å²) in [5.74, 6) is 1.97. The van der Waals surface area contributed by atoms with Crippen LogP contribution in [0.3, 0.4) is 0 Å². The smallest absolute Gasteiger partial charge is 1.00 e. The van der Waals surface area contributed by atoms with E-state index in [0.717, 1.165) is 22.3 Å². The monoisotopic (exact) mass is 1030 g/mol. The number of pyridine rings is 2. The summed E-state index contributed by atoms with van der Waals surface area (Å²) in [6, 6.07) is 49.7. The second kappa shape index (κ2) is 28.9. The standard InChI is InChI=1S/C23H15BrFNO2.C17H13NO2.C6H3BrF2.CH2O3.2K.H/c24-23-20(25)7-4-8-21(23)27-18-9-11-19(12-10-18)28-22-15-17(13-14-26-22)16-5-2-1-3-6-16;19-15-6-8-16(9-7-15)20-17-12-14(10-11-18-17)13-4-2-1-3-5-13;7-6-4(8)2-1-3-5(6)9;2-1-4-3;;;/h1-15H;1-12,19H;1-3H;1,3H;;;/q;;;;2*+1;-1/p-1. The number of benzene rings is 6. The molecule has 8 rings (SSSR count). The Labute approximate surface area is 464 Å². The van der Waals surface area contributed by atoms with Gasteiger partial charge in [0.25, 0.3) is 6.47 Å². The van der Waals surface area contributed by atoms with E-state index in [9.17, 15) is 18.3 Å². The Balaban J connectivity index is 0.000000341. The minimum atomic E-state index is -0.574. The molecule has 8 aromatic rings. The van der Waals surface area contributed by atoms with Crippen molar-refractivity contribution < 1.29 is 152 Å². The molecule has 6 aromatic carbocycles. The third kappa shape index (κ3) is 18.0. The average molecular weight is 1030 g/mol. The molecule has 310 valence electrons. The molecule has 2 heterocycles. The molecule has 2 aromatic heterocycles. The van der Waals surface area contributed by atoms with Gasteiger partial charge in [0.2, 0.25) is 11.8 Å². The molecule has 0 aliphatic heterocycles. The van der Waals surface area contributed by atoms with Crippen molar-refractivity contribution in [3.63, 3.8) is 0 Å². The molecule has 0 amide bonds. The van der Waals surface area contributed by atoms with Crippen LogP contribution in [0.25, 0.3) is 22.3 Å². The fourth-order valence-electron chi connectivity index (χ4n) is 5.05. The first-order valence-corrected chi connectivity index (χ1v) is 19.4. The van der Waals surface area contributed by atoms with Gasteiger partial charge in [0.1, 0.15) is 46.2 Å². The maximum Gasteiger partial charge on any atom is 1.00 e. The summed E-state index contributed by atoms with van der Waals surface area (Å²) in [5, 5.41) is 17.7. The number of nitrogens with zero attached hydrogens (tertiary/aromatic N) is 2. The van der Waals surface area contributed by atoms with Crippen LogP contribution in [0.1, 0.15) is 1.43 Å². The summed E-state index contributed by atoms with van der Waals surface area (Å²) in [4.78, 5) is 19.7. The van der Waals surface area contributed by atoms with E-state index in [1.54, 1.807) is 73.1 Å². The number of aromatic nitrogens is 2. The average Bonchev–Trinajstić information content (AvgIpc) is 3.30. The van der Waals surface area contributed by atoms with Crippen molar-refractivity contribution in [3.05, 3.63) is 209 Å². The predicted molar refractivity (Wildman–Crippen MR) is 231 cm³/mol. The number of phenols is 1. The molecule has 0 aliphatic carbocycles. The van der Waals surface area contributed by atoms with E-state index < -0.39 is 11.6 Å². The van der Waals surface area contributed by atoms with Crippen LogP contribution >= 0.6 is 31.9 Å². The number of carbonyl (C=O) groups excluding carboxylic acids is 1. The molecule has 0 saturated carbocycles. The number of aromatic hydroxyl groups is 1. The van der Waals surface area contributed by atoms with E-state index in [-0.39, 0.29) is 131 Å². The van der Waals surface area contributed by atoms with Gasteiger partial charge in [-0.05, 0) is 139 Å². The molecule has 9 nitrogen and oxygen atoms in total. The predicted octanol–water partition coefficient (Wildman–Crippen LogP) is 6.76. The van der Waals surface area contributed by atoms with Crippen LogP contribution in [0.5, 0.6) is 40.5 Å². The first kappa shape index (κ1) is 53.6. The van der Waals surface area contributed by atoms with Crippen molar-refractivity contribution in [1.29, 1.82) is 0 Å². The maximum absolute atomic E-state index is 13.6. The molecule has 0 radical (unpaired) electrons. The zero-order valence-electron chi connectivity index (χ0n) is 34.6.